The predicted molar refractivity (Wildman–Crippen MR) is 172 cm³/mol. The number of carbonyl (C=O) groups is 3. The number of ketones is 2. The number of nitrogens with zero attached hydrogens (tertiary/aromatic N) is 1. The molecule has 0 saturated carbocycles. The van der Waals surface area contributed by atoms with Crippen LogP contribution in [0.4, 0.5) is 0 Å². The first-order chi connectivity index (χ1) is 23.4. The first-order valence-electron chi connectivity index (χ1n) is 16.8. The van der Waals surface area contributed by atoms with Gasteiger partial charge in [-0.1, -0.05) is 26.0 Å². The number of morpholine rings is 1. The zero-order chi connectivity index (χ0) is 34.8. The van der Waals surface area contributed by atoms with Crippen LogP contribution in [-0.4, -0.2) is 120 Å². The largest absolute Gasteiger partial charge is 0.507 e. The highest BCUT2D eigenvalue weighted by Gasteiger charge is 2.53. The maximum absolute atomic E-state index is 14.0. The van der Waals surface area contributed by atoms with E-state index in [1.54, 1.807) is 6.07 Å². The predicted octanol–water partition coefficient (Wildman–Crippen LogP) is 1.29. The van der Waals surface area contributed by atoms with Gasteiger partial charge in [-0.15, -0.1) is 0 Å². The summed E-state index contributed by atoms with van der Waals surface area (Å²) >= 11 is 0. The fraction of sp³-hybridized carbons (Fsp3) is 0.571. The molecule has 7 rings (SSSR count). The van der Waals surface area contributed by atoms with Gasteiger partial charge in [-0.05, 0) is 13.0 Å². The molecule has 0 aromatic heterocycles. The summed E-state index contributed by atoms with van der Waals surface area (Å²) in [6.45, 7) is 8.17. The first kappa shape index (κ1) is 33.8. The number of nitrogens with one attached hydrogen (secondary N) is 2. The second-order valence-corrected chi connectivity index (χ2v) is 13.7. The van der Waals surface area contributed by atoms with Crippen molar-refractivity contribution in [2.75, 3.05) is 40.0 Å². The van der Waals surface area contributed by atoms with Crippen LogP contribution in [0, 0.1) is 0 Å². The topological polar surface area (TPSA) is 185 Å². The highest BCUT2D eigenvalue weighted by atomic mass is 16.7. The molecule has 1 amide bonds. The Bertz CT molecular complexity index is 1680. The van der Waals surface area contributed by atoms with Crippen LogP contribution in [0.25, 0.3) is 0 Å². The maximum atomic E-state index is 14.0. The normalized spacial score (nSPS) is 30.7. The van der Waals surface area contributed by atoms with Crippen LogP contribution in [0.1, 0.15) is 82.7 Å². The van der Waals surface area contributed by atoms with Crippen molar-refractivity contribution < 1.29 is 53.4 Å². The number of hydrogen-bond donors (Lipinski definition) is 5. The molecule has 2 aromatic rings. The van der Waals surface area contributed by atoms with E-state index in [0.717, 1.165) is 0 Å². The minimum Gasteiger partial charge on any atom is -0.507 e. The molecule has 0 bridgehead atoms. The number of methoxy groups -OCH3 is 1. The van der Waals surface area contributed by atoms with Crippen LogP contribution in [0.15, 0.2) is 18.2 Å². The number of phenols is 2. The number of aliphatic hydroxyl groups is 1. The van der Waals surface area contributed by atoms with E-state index in [9.17, 15) is 29.7 Å². The summed E-state index contributed by atoms with van der Waals surface area (Å²) in [4.78, 5) is 43.7. The molecule has 0 spiro atoms. The fourth-order valence-corrected chi connectivity index (χ4v) is 7.99. The van der Waals surface area contributed by atoms with Gasteiger partial charge in [0.25, 0.3) is 5.91 Å². The van der Waals surface area contributed by atoms with E-state index in [4.69, 9.17) is 23.7 Å². The molecule has 0 unspecified atom stereocenters. The Labute approximate surface area is 283 Å². The van der Waals surface area contributed by atoms with Crippen molar-refractivity contribution >= 4 is 17.5 Å². The third-order valence-electron chi connectivity index (χ3n) is 10.3. The van der Waals surface area contributed by atoms with Gasteiger partial charge in [0.15, 0.2) is 12.1 Å². The number of hydrogen-bond acceptors (Lipinski definition) is 13. The number of benzene rings is 2. The van der Waals surface area contributed by atoms with Crippen molar-refractivity contribution in [1.29, 1.82) is 0 Å². The van der Waals surface area contributed by atoms with Gasteiger partial charge in [0.1, 0.15) is 35.2 Å². The van der Waals surface area contributed by atoms with Crippen molar-refractivity contribution in [1.82, 2.24) is 15.5 Å². The SMILES string of the molecule is COc1cccc2c1C(=O)c1c(O)c3c(c(O)c1C2=O)C[C@@](O)(C(=O)NCCNC(C)C)C[C@@H]3O[C@H]1C[C@H]2[C@H](O[C@@H]3COCCN32)[C@H](C)O1. The van der Waals surface area contributed by atoms with Gasteiger partial charge in [0.05, 0.1) is 49.2 Å². The Morgan fingerprint density at radius 1 is 1.10 bits per heavy atom. The molecule has 3 heterocycles. The summed E-state index contributed by atoms with van der Waals surface area (Å²) in [7, 11) is 1.37. The van der Waals surface area contributed by atoms with Gasteiger partial charge < -0.3 is 49.6 Å². The summed E-state index contributed by atoms with van der Waals surface area (Å²) in [5, 5.41) is 41.6. The molecule has 264 valence electrons. The van der Waals surface area contributed by atoms with Gasteiger partial charge >= 0.3 is 0 Å². The van der Waals surface area contributed by atoms with Crippen LogP contribution in [0.3, 0.4) is 0 Å². The molecule has 2 aromatic carbocycles. The third-order valence-corrected chi connectivity index (χ3v) is 10.3. The van der Waals surface area contributed by atoms with E-state index in [1.807, 2.05) is 20.8 Å². The Hall–Kier alpha value is -3.63. The molecule has 3 aliphatic heterocycles. The van der Waals surface area contributed by atoms with Crippen molar-refractivity contribution in [2.45, 2.75) is 88.5 Å². The monoisotopic (exact) mass is 681 g/mol. The van der Waals surface area contributed by atoms with E-state index < -0.39 is 59.0 Å². The lowest BCUT2D eigenvalue weighted by molar-refractivity contribution is -0.247. The van der Waals surface area contributed by atoms with Gasteiger partial charge in [0.2, 0.25) is 5.78 Å². The number of ether oxygens (including phenoxy) is 5. The van der Waals surface area contributed by atoms with Crippen molar-refractivity contribution in [2.24, 2.45) is 0 Å². The van der Waals surface area contributed by atoms with Crippen LogP contribution in [-0.2, 0) is 30.2 Å². The molecule has 3 fully saturated rings. The first-order valence-corrected chi connectivity index (χ1v) is 16.8. The molecular formula is C35H43N3O11. The maximum Gasteiger partial charge on any atom is 0.252 e. The van der Waals surface area contributed by atoms with Crippen LogP contribution < -0.4 is 15.4 Å². The van der Waals surface area contributed by atoms with E-state index in [2.05, 4.69) is 15.5 Å². The van der Waals surface area contributed by atoms with Gasteiger partial charge in [-0.3, -0.25) is 19.3 Å². The van der Waals surface area contributed by atoms with Crippen molar-refractivity contribution in [3.05, 3.63) is 51.6 Å². The zero-order valence-electron chi connectivity index (χ0n) is 28.0. The summed E-state index contributed by atoms with van der Waals surface area (Å²) in [6.07, 6.45) is -3.30. The quantitative estimate of drug-likeness (QED) is 0.169. The lowest BCUT2D eigenvalue weighted by Gasteiger charge is -2.43. The summed E-state index contributed by atoms with van der Waals surface area (Å²) in [5.74, 6) is -3.14. The number of phenolic OH excluding ortho intramolecular Hbond substituents is 2. The highest BCUT2D eigenvalue weighted by Crippen LogP contribution is 2.52. The molecule has 5 aliphatic rings. The second-order valence-electron chi connectivity index (χ2n) is 13.7. The molecular weight excluding hydrogens is 638 g/mol. The molecule has 14 nitrogen and oxygen atoms in total. The van der Waals surface area contributed by atoms with Gasteiger partial charge in [-0.25, -0.2) is 0 Å². The molecule has 3 saturated heterocycles. The third kappa shape index (κ3) is 5.68. The molecule has 14 heteroatoms. The molecule has 7 atom stereocenters. The number of fused-ring (bicyclic) bond motifs is 6. The minimum atomic E-state index is -2.11. The standard InChI is InChI=1S/C35H43N3O11/c1-16(2)36-8-9-37-34(43)35(44)13-19-26(22(14-35)48-24-12-20-33(17(3)47-24)49-23-15-46-11-10-38(20)23)32(42)28-27(30(19)40)29(39)18-6-5-7-21(45-4)25(18)31(28)41/h5-7,16-17,20,22-24,33,36,40,42,44H,8-15H2,1-4H3,(H,37,43)/t17-,20-,22-,23+,24-,33+,35-/m0/s1. The average Bonchev–Trinajstić information content (AvgIpc) is 3.45. The fourth-order valence-electron chi connectivity index (χ4n) is 7.99. The smallest absolute Gasteiger partial charge is 0.252 e. The molecule has 49 heavy (non-hydrogen) atoms. The Kier molecular flexibility index (Phi) is 8.93. The lowest BCUT2D eigenvalue weighted by atomic mass is 9.72. The average molecular weight is 682 g/mol. The number of amides is 1. The number of aromatic hydroxyl groups is 2. The van der Waals surface area contributed by atoms with Crippen molar-refractivity contribution in [3.63, 3.8) is 0 Å². The van der Waals surface area contributed by atoms with E-state index in [-0.39, 0.29) is 77.1 Å². The van der Waals surface area contributed by atoms with Gasteiger partial charge in [-0.2, -0.15) is 0 Å². The molecule has 2 aliphatic carbocycles. The Balaban J connectivity index is 1.27. The van der Waals surface area contributed by atoms with Gasteiger partial charge in [0, 0.05) is 67.7 Å². The number of rotatable bonds is 8. The molecule has 5 N–H and O–H groups in total. The summed E-state index contributed by atoms with van der Waals surface area (Å²) < 4.78 is 30.0. The second kappa shape index (κ2) is 12.9. The van der Waals surface area contributed by atoms with E-state index >= 15 is 0 Å². The van der Waals surface area contributed by atoms with E-state index in [1.165, 1.54) is 19.2 Å². The van der Waals surface area contributed by atoms with Crippen LogP contribution >= 0.6 is 0 Å². The highest BCUT2D eigenvalue weighted by molar-refractivity contribution is 6.31. The molecule has 0 radical (unpaired) electrons. The minimum absolute atomic E-state index is 0.000105. The summed E-state index contributed by atoms with van der Waals surface area (Å²) in [6, 6.07) is 4.65. The van der Waals surface area contributed by atoms with Crippen LogP contribution in [0.5, 0.6) is 17.2 Å². The van der Waals surface area contributed by atoms with Crippen LogP contribution in [0.2, 0.25) is 0 Å². The number of carbonyl (C=O) groups excluding carboxylic acids is 3. The Morgan fingerprint density at radius 3 is 2.63 bits per heavy atom. The summed E-state index contributed by atoms with van der Waals surface area (Å²) in [5.41, 5.74) is -2.98. The zero-order valence-corrected chi connectivity index (χ0v) is 28.0. The van der Waals surface area contributed by atoms with E-state index in [0.29, 0.717) is 32.7 Å². The Morgan fingerprint density at radius 2 is 1.88 bits per heavy atom. The van der Waals surface area contributed by atoms with Crippen molar-refractivity contribution in [3.8, 4) is 17.2 Å². The lowest BCUT2D eigenvalue weighted by Crippen LogP contribution is -2.54.